The Hall–Kier alpha value is 0.0900. The molecule has 2 unspecified atom stereocenters. The normalized spacial score (nSPS) is 28.1. The summed E-state index contributed by atoms with van der Waals surface area (Å²) in [6, 6.07) is 0. The highest BCUT2D eigenvalue weighted by Crippen LogP contribution is 2.40. The smallest absolute Gasteiger partial charge is 0.0148 e. The van der Waals surface area contributed by atoms with Crippen molar-refractivity contribution in [3.8, 4) is 0 Å². The second-order valence-electron chi connectivity index (χ2n) is 7.52. The predicted molar refractivity (Wildman–Crippen MR) is 103 cm³/mol. The standard InChI is InChI=1S/C21H38S/c1-3-5-12-19-14-10-8-6-7-9-13-18(11-4-2)20-15-16-22-17-21(19)20/h18-19H,3-17H2,1-2H3. The molecular weight excluding hydrogens is 284 g/mol. The van der Waals surface area contributed by atoms with Crippen molar-refractivity contribution in [2.75, 3.05) is 11.5 Å². The topological polar surface area (TPSA) is 0 Å². The van der Waals surface area contributed by atoms with Crippen LogP contribution in [0.2, 0.25) is 0 Å². The van der Waals surface area contributed by atoms with E-state index in [1.165, 1.54) is 95.0 Å². The lowest BCUT2D eigenvalue weighted by molar-refractivity contribution is 0.448. The van der Waals surface area contributed by atoms with Gasteiger partial charge in [0.1, 0.15) is 0 Å². The molecule has 22 heavy (non-hydrogen) atoms. The fourth-order valence-electron chi connectivity index (χ4n) is 4.56. The van der Waals surface area contributed by atoms with Gasteiger partial charge in [-0.3, -0.25) is 0 Å². The van der Waals surface area contributed by atoms with Crippen molar-refractivity contribution in [2.24, 2.45) is 11.8 Å². The summed E-state index contributed by atoms with van der Waals surface area (Å²) in [6.45, 7) is 4.74. The van der Waals surface area contributed by atoms with Crippen LogP contribution in [0.5, 0.6) is 0 Å². The Kier molecular flexibility index (Phi) is 9.04. The number of hydrogen-bond acceptors (Lipinski definition) is 1. The molecule has 2 rings (SSSR count). The summed E-state index contributed by atoms with van der Waals surface area (Å²) in [7, 11) is 0. The monoisotopic (exact) mass is 322 g/mol. The van der Waals surface area contributed by atoms with Crippen LogP contribution in [0.1, 0.15) is 97.3 Å². The van der Waals surface area contributed by atoms with E-state index in [1.807, 2.05) is 11.1 Å². The molecule has 0 amide bonds. The minimum absolute atomic E-state index is 0.931. The van der Waals surface area contributed by atoms with Crippen LogP contribution in [-0.2, 0) is 0 Å². The summed E-state index contributed by atoms with van der Waals surface area (Å²) in [5.74, 6) is 4.62. The quantitative estimate of drug-likeness (QED) is 0.475. The molecule has 0 spiro atoms. The van der Waals surface area contributed by atoms with E-state index in [-0.39, 0.29) is 0 Å². The summed E-state index contributed by atoms with van der Waals surface area (Å²) in [6.07, 6.45) is 18.9. The zero-order valence-corrected chi connectivity index (χ0v) is 16.0. The molecule has 0 nitrogen and oxygen atoms in total. The number of hydrogen-bond donors (Lipinski definition) is 0. The van der Waals surface area contributed by atoms with Gasteiger partial charge in [0.15, 0.2) is 0 Å². The second kappa shape index (κ2) is 10.8. The van der Waals surface area contributed by atoms with Crippen LogP contribution in [0.15, 0.2) is 11.1 Å². The molecule has 1 heteroatoms. The first-order valence-electron chi connectivity index (χ1n) is 10.2. The molecule has 1 aliphatic carbocycles. The molecule has 0 aromatic heterocycles. The van der Waals surface area contributed by atoms with Gasteiger partial charge in [0.05, 0.1) is 0 Å². The molecule has 0 N–H and O–H groups in total. The summed E-state index contributed by atoms with van der Waals surface area (Å²) >= 11 is 2.21. The molecule has 0 fully saturated rings. The van der Waals surface area contributed by atoms with Crippen LogP contribution in [0.25, 0.3) is 0 Å². The van der Waals surface area contributed by atoms with Crippen molar-refractivity contribution in [1.82, 2.24) is 0 Å². The van der Waals surface area contributed by atoms with Gasteiger partial charge in [-0.2, -0.15) is 11.8 Å². The molecule has 1 aliphatic heterocycles. The second-order valence-corrected chi connectivity index (χ2v) is 8.63. The van der Waals surface area contributed by atoms with E-state index < -0.39 is 0 Å². The Morgan fingerprint density at radius 1 is 0.818 bits per heavy atom. The number of allylic oxidation sites excluding steroid dienone is 1. The summed E-state index contributed by atoms with van der Waals surface area (Å²) in [5, 5.41) is 0. The number of thioether (sulfide) groups is 1. The Morgan fingerprint density at radius 2 is 1.50 bits per heavy atom. The van der Waals surface area contributed by atoms with Gasteiger partial charge in [-0.05, 0) is 49.7 Å². The van der Waals surface area contributed by atoms with Crippen LogP contribution in [0.4, 0.5) is 0 Å². The highest BCUT2D eigenvalue weighted by Gasteiger charge is 2.25. The minimum atomic E-state index is 0.931. The van der Waals surface area contributed by atoms with E-state index in [0.717, 1.165) is 11.8 Å². The largest absolute Gasteiger partial charge is 0.157 e. The first kappa shape index (κ1) is 18.4. The molecule has 2 atom stereocenters. The van der Waals surface area contributed by atoms with Crippen LogP contribution in [0.3, 0.4) is 0 Å². The van der Waals surface area contributed by atoms with Crippen LogP contribution < -0.4 is 0 Å². The Morgan fingerprint density at radius 3 is 2.18 bits per heavy atom. The van der Waals surface area contributed by atoms with Crippen molar-refractivity contribution >= 4 is 11.8 Å². The van der Waals surface area contributed by atoms with Gasteiger partial charge >= 0.3 is 0 Å². The van der Waals surface area contributed by atoms with Gasteiger partial charge < -0.3 is 0 Å². The van der Waals surface area contributed by atoms with Gasteiger partial charge in [-0.1, -0.05) is 76.4 Å². The molecule has 0 aromatic rings. The molecule has 1 heterocycles. The third kappa shape index (κ3) is 5.62. The molecule has 0 radical (unpaired) electrons. The predicted octanol–water partition coefficient (Wildman–Crippen LogP) is 7.39. The van der Waals surface area contributed by atoms with Crippen LogP contribution in [-0.4, -0.2) is 11.5 Å². The number of unbranched alkanes of at least 4 members (excludes halogenated alkanes) is 1. The lowest BCUT2D eigenvalue weighted by atomic mass is 9.79. The van der Waals surface area contributed by atoms with E-state index in [9.17, 15) is 0 Å². The van der Waals surface area contributed by atoms with Crippen molar-refractivity contribution in [1.29, 1.82) is 0 Å². The maximum absolute atomic E-state index is 2.39. The highest BCUT2D eigenvalue weighted by molar-refractivity contribution is 7.99. The van der Waals surface area contributed by atoms with Crippen molar-refractivity contribution in [3.05, 3.63) is 11.1 Å². The summed E-state index contributed by atoms with van der Waals surface area (Å²) in [4.78, 5) is 0. The van der Waals surface area contributed by atoms with Gasteiger partial charge in [-0.25, -0.2) is 0 Å². The molecule has 0 saturated heterocycles. The zero-order chi connectivity index (χ0) is 15.6. The lowest BCUT2D eigenvalue weighted by Gasteiger charge is -2.32. The first-order valence-corrected chi connectivity index (χ1v) is 11.3. The minimum Gasteiger partial charge on any atom is -0.157 e. The summed E-state index contributed by atoms with van der Waals surface area (Å²) < 4.78 is 0. The maximum Gasteiger partial charge on any atom is 0.0148 e. The average Bonchev–Trinajstić information content (AvgIpc) is 2.58. The molecule has 128 valence electrons. The van der Waals surface area contributed by atoms with E-state index in [4.69, 9.17) is 0 Å². The van der Waals surface area contributed by atoms with Gasteiger partial charge in [0.2, 0.25) is 0 Å². The van der Waals surface area contributed by atoms with E-state index in [0.29, 0.717) is 0 Å². The zero-order valence-electron chi connectivity index (χ0n) is 15.2. The van der Waals surface area contributed by atoms with Crippen molar-refractivity contribution in [2.45, 2.75) is 97.3 Å². The summed E-state index contributed by atoms with van der Waals surface area (Å²) in [5.41, 5.74) is 3.88. The van der Waals surface area contributed by atoms with Gasteiger partial charge in [0, 0.05) is 5.75 Å². The average molecular weight is 323 g/mol. The Labute approximate surface area is 143 Å². The van der Waals surface area contributed by atoms with E-state index >= 15 is 0 Å². The third-order valence-electron chi connectivity index (χ3n) is 5.82. The fourth-order valence-corrected chi connectivity index (χ4v) is 5.71. The highest BCUT2D eigenvalue weighted by atomic mass is 32.2. The van der Waals surface area contributed by atoms with Gasteiger partial charge in [0.25, 0.3) is 0 Å². The lowest BCUT2D eigenvalue weighted by Crippen LogP contribution is -2.19. The SMILES string of the molecule is CCCCC1CCCCCCCC(CCC)C2=C1CSCC2. The van der Waals surface area contributed by atoms with E-state index in [1.54, 1.807) is 0 Å². The molecular formula is C21H38S. The van der Waals surface area contributed by atoms with Crippen molar-refractivity contribution < 1.29 is 0 Å². The van der Waals surface area contributed by atoms with Crippen molar-refractivity contribution in [3.63, 3.8) is 0 Å². The van der Waals surface area contributed by atoms with Crippen LogP contribution in [0, 0.1) is 11.8 Å². The maximum atomic E-state index is 2.39. The fraction of sp³-hybridized carbons (Fsp3) is 0.905. The third-order valence-corrected chi connectivity index (χ3v) is 6.83. The Bertz CT molecular complexity index is 331. The molecule has 0 saturated carbocycles. The molecule has 2 aliphatic rings. The van der Waals surface area contributed by atoms with Gasteiger partial charge in [-0.15, -0.1) is 0 Å². The number of rotatable bonds is 5. The molecule has 0 bridgehead atoms. The molecule has 0 aromatic carbocycles. The first-order chi connectivity index (χ1) is 10.9. The van der Waals surface area contributed by atoms with Crippen LogP contribution >= 0.6 is 11.8 Å². The van der Waals surface area contributed by atoms with E-state index in [2.05, 4.69) is 25.6 Å². The Balaban J connectivity index is 2.21.